The summed E-state index contributed by atoms with van der Waals surface area (Å²) >= 11 is 0. The van der Waals surface area contributed by atoms with Gasteiger partial charge < -0.3 is 5.32 Å². The molecule has 0 fully saturated rings. The van der Waals surface area contributed by atoms with Crippen LogP contribution in [-0.2, 0) is 31.2 Å². The standard InChI is InChI=1S/C21H20N6O2/c1-26-21(29)17-5-3-2-4-16(17)18(24-26)14-20(28)23-19-9-13-27(25-19)12-8-15-6-10-22-11-7-15/h2-7,9-11,13H,8,12,14H2,1H3,(H,23,25,28). The highest BCUT2D eigenvalue weighted by Crippen LogP contribution is 2.14. The molecule has 0 bridgehead atoms. The molecule has 1 amide bonds. The van der Waals surface area contributed by atoms with E-state index in [0.717, 1.165) is 6.42 Å². The maximum Gasteiger partial charge on any atom is 0.274 e. The van der Waals surface area contributed by atoms with Gasteiger partial charge >= 0.3 is 0 Å². The third-order valence-corrected chi connectivity index (χ3v) is 4.65. The minimum Gasteiger partial charge on any atom is -0.309 e. The second kappa shape index (κ2) is 8.05. The molecule has 0 radical (unpaired) electrons. The quantitative estimate of drug-likeness (QED) is 0.545. The van der Waals surface area contributed by atoms with E-state index < -0.39 is 0 Å². The van der Waals surface area contributed by atoms with E-state index in [4.69, 9.17) is 0 Å². The average Bonchev–Trinajstić information content (AvgIpc) is 3.18. The zero-order valence-corrected chi connectivity index (χ0v) is 15.9. The summed E-state index contributed by atoms with van der Waals surface area (Å²) in [7, 11) is 1.58. The number of aromatic nitrogens is 5. The molecule has 4 aromatic rings. The number of nitrogens with one attached hydrogen (secondary N) is 1. The lowest BCUT2D eigenvalue weighted by Crippen LogP contribution is -2.24. The minimum atomic E-state index is -0.235. The number of hydrogen-bond donors (Lipinski definition) is 1. The van der Waals surface area contributed by atoms with Crippen molar-refractivity contribution in [2.45, 2.75) is 19.4 Å². The van der Waals surface area contributed by atoms with E-state index in [2.05, 4.69) is 20.5 Å². The molecular formula is C21H20N6O2. The number of nitrogens with zero attached hydrogens (tertiary/aromatic N) is 5. The minimum absolute atomic E-state index is 0.0541. The number of fused-ring (bicyclic) bond motifs is 1. The fraction of sp³-hybridized carbons (Fsp3) is 0.190. The van der Waals surface area contributed by atoms with Crippen molar-refractivity contribution in [1.82, 2.24) is 24.5 Å². The summed E-state index contributed by atoms with van der Waals surface area (Å²) in [5, 5.41) is 12.7. The van der Waals surface area contributed by atoms with Gasteiger partial charge in [0.05, 0.1) is 17.5 Å². The van der Waals surface area contributed by atoms with Crippen LogP contribution in [0.4, 0.5) is 5.82 Å². The Bertz CT molecular complexity index is 1210. The van der Waals surface area contributed by atoms with Gasteiger partial charge in [-0.05, 0) is 30.2 Å². The van der Waals surface area contributed by atoms with E-state index in [0.29, 0.717) is 28.8 Å². The van der Waals surface area contributed by atoms with Crippen LogP contribution in [0.1, 0.15) is 11.3 Å². The molecule has 1 aromatic carbocycles. The highest BCUT2D eigenvalue weighted by atomic mass is 16.2. The lowest BCUT2D eigenvalue weighted by Gasteiger charge is -2.08. The van der Waals surface area contributed by atoms with Crippen molar-refractivity contribution in [2.75, 3.05) is 5.32 Å². The smallest absolute Gasteiger partial charge is 0.274 e. The van der Waals surface area contributed by atoms with E-state index in [1.807, 2.05) is 24.4 Å². The van der Waals surface area contributed by atoms with Crippen molar-refractivity contribution in [3.05, 3.63) is 82.7 Å². The summed E-state index contributed by atoms with van der Waals surface area (Å²) in [6.45, 7) is 0.701. The Labute approximate surface area is 166 Å². The summed E-state index contributed by atoms with van der Waals surface area (Å²) in [5.74, 6) is 0.250. The summed E-state index contributed by atoms with van der Waals surface area (Å²) in [6.07, 6.45) is 6.24. The number of pyridine rings is 1. The van der Waals surface area contributed by atoms with E-state index in [-0.39, 0.29) is 17.9 Å². The Morgan fingerprint density at radius 3 is 2.59 bits per heavy atom. The Balaban J connectivity index is 1.43. The topological polar surface area (TPSA) is 94.7 Å². The van der Waals surface area contributed by atoms with E-state index in [1.54, 1.807) is 48.4 Å². The maximum atomic E-state index is 12.5. The van der Waals surface area contributed by atoms with Gasteiger partial charge in [0.2, 0.25) is 5.91 Å². The molecule has 0 aliphatic rings. The van der Waals surface area contributed by atoms with E-state index in [1.165, 1.54) is 10.2 Å². The maximum absolute atomic E-state index is 12.5. The molecule has 0 aliphatic heterocycles. The molecule has 0 unspecified atom stereocenters. The number of carbonyl (C=O) groups is 1. The lowest BCUT2D eigenvalue weighted by atomic mass is 10.1. The van der Waals surface area contributed by atoms with Gasteiger partial charge in [-0.1, -0.05) is 18.2 Å². The van der Waals surface area contributed by atoms with Crippen molar-refractivity contribution in [2.24, 2.45) is 7.05 Å². The highest BCUT2D eigenvalue weighted by Gasteiger charge is 2.13. The van der Waals surface area contributed by atoms with Crippen LogP contribution < -0.4 is 10.9 Å². The summed E-state index contributed by atoms with van der Waals surface area (Å²) in [6, 6.07) is 12.9. The number of amides is 1. The number of hydrogen-bond acceptors (Lipinski definition) is 5. The molecular weight excluding hydrogens is 368 g/mol. The van der Waals surface area contributed by atoms with Gasteiger partial charge in [-0.3, -0.25) is 19.3 Å². The molecule has 3 heterocycles. The summed E-state index contributed by atoms with van der Waals surface area (Å²) in [4.78, 5) is 28.7. The Morgan fingerprint density at radius 2 is 1.79 bits per heavy atom. The Kier molecular flexibility index (Phi) is 5.15. The molecule has 0 aliphatic carbocycles. The molecule has 0 saturated heterocycles. The normalized spacial score (nSPS) is 10.9. The molecule has 146 valence electrons. The molecule has 8 nitrogen and oxygen atoms in total. The van der Waals surface area contributed by atoms with Crippen molar-refractivity contribution >= 4 is 22.5 Å². The van der Waals surface area contributed by atoms with Crippen LogP contribution in [0.2, 0.25) is 0 Å². The van der Waals surface area contributed by atoms with Gasteiger partial charge in [-0.2, -0.15) is 10.2 Å². The lowest BCUT2D eigenvalue weighted by molar-refractivity contribution is -0.115. The molecule has 3 aromatic heterocycles. The van der Waals surface area contributed by atoms with E-state index >= 15 is 0 Å². The molecule has 0 saturated carbocycles. The van der Waals surface area contributed by atoms with Gasteiger partial charge in [-0.15, -0.1) is 0 Å². The Morgan fingerprint density at radius 1 is 1.03 bits per heavy atom. The first-order valence-corrected chi connectivity index (χ1v) is 9.27. The Hall–Kier alpha value is -3.81. The third-order valence-electron chi connectivity index (χ3n) is 4.65. The first kappa shape index (κ1) is 18.5. The van der Waals surface area contributed by atoms with Gasteiger partial charge in [-0.25, -0.2) is 4.68 Å². The van der Waals surface area contributed by atoms with Crippen LogP contribution in [-0.4, -0.2) is 30.5 Å². The van der Waals surface area contributed by atoms with Crippen molar-refractivity contribution in [3.8, 4) is 0 Å². The van der Waals surface area contributed by atoms with E-state index in [9.17, 15) is 9.59 Å². The second-order valence-corrected chi connectivity index (χ2v) is 6.72. The zero-order valence-electron chi connectivity index (χ0n) is 15.9. The van der Waals surface area contributed by atoms with Crippen LogP contribution in [0.5, 0.6) is 0 Å². The average molecular weight is 388 g/mol. The number of aryl methyl sites for hydroxylation is 3. The van der Waals surface area contributed by atoms with Crippen LogP contribution >= 0.6 is 0 Å². The highest BCUT2D eigenvalue weighted by molar-refractivity contribution is 5.94. The molecule has 8 heteroatoms. The van der Waals surface area contributed by atoms with Gasteiger partial charge in [0.25, 0.3) is 5.56 Å². The molecule has 0 spiro atoms. The van der Waals surface area contributed by atoms with Crippen LogP contribution in [0.25, 0.3) is 10.8 Å². The van der Waals surface area contributed by atoms with Gasteiger partial charge in [0.15, 0.2) is 5.82 Å². The SMILES string of the molecule is Cn1nc(CC(=O)Nc2ccn(CCc3ccncc3)n2)c2ccccc2c1=O. The fourth-order valence-corrected chi connectivity index (χ4v) is 3.19. The summed E-state index contributed by atoms with van der Waals surface area (Å²) in [5.41, 5.74) is 1.55. The zero-order chi connectivity index (χ0) is 20.2. The predicted octanol–water partition coefficient (Wildman–Crippen LogP) is 1.95. The fourth-order valence-electron chi connectivity index (χ4n) is 3.19. The number of carbonyl (C=O) groups excluding carboxylic acids is 1. The van der Waals surface area contributed by atoms with Crippen molar-refractivity contribution in [1.29, 1.82) is 0 Å². The first-order chi connectivity index (χ1) is 14.1. The molecule has 0 atom stereocenters. The van der Waals surface area contributed by atoms with Gasteiger partial charge in [0.1, 0.15) is 0 Å². The van der Waals surface area contributed by atoms with Crippen molar-refractivity contribution < 1.29 is 4.79 Å². The largest absolute Gasteiger partial charge is 0.309 e. The molecule has 4 rings (SSSR count). The van der Waals surface area contributed by atoms with Crippen LogP contribution in [0.15, 0.2) is 65.8 Å². The number of rotatable bonds is 6. The first-order valence-electron chi connectivity index (χ1n) is 9.27. The predicted molar refractivity (Wildman–Crippen MR) is 109 cm³/mol. The summed E-state index contributed by atoms with van der Waals surface area (Å²) < 4.78 is 3.05. The third kappa shape index (κ3) is 4.21. The van der Waals surface area contributed by atoms with Crippen LogP contribution in [0.3, 0.4) is 0 Å². The van der Waals surface area contributed by atoms with Gasteiger partial charge in [0, 0.05) is 43.6 Å². The number of benzene rings is 1. The second-order valence-electron chi connectivity index (χ2n) is 6.72. The monoisotopic (exact) mass is 388 g/mol. The molecule has 29 heavy (non-hydrogen) atoms. The van der Waals surface area contributed by atoms with Crippen molar-refractivity contribution in [3.63, 3.8) is 0 Å². The molecule has 1 N–H and O–H groups in total. The van der Waals surface area contributed by atoms with Crippen LogP contribution in [0, 0.1) is 0 Å². The number of anilines is 1.